The molecule has 0 unspecified atom stereocenters. The largest absolute Gasteiger partial charge is 0.354 e. The molecule has 1 aliphatic heterocycles. The highest BCUT2D eigenvalue weighted by Gasteiger charge is 2.24. The molecule has 1 fully saturated rings. The highest BCUT2D eigenvalue weighted by atomic mass is 15.3. The van der Waals surface area contributed by atoms with Crippen LogP contribution >= 0.6 is 0 Å². The predicted molar refractivity (Wildman–Crippen MR) is 41.1 cm³/mol. The first-order chi connectivity index (χ1) is 4.86. The van der Waals surface area contributed by atoms with Gasteiger partial charge in [0.25, 0.3) is 0 Å². The molecule has 0 aromatic carbocycles. The van der Waals surface area contributed by atoms with Crippen LogP contribution in [-0.2, 0) is 0 Å². The number of hydrogen-bond acceptors (Lipinski definition) is 3. The van der Waals surface area contributed by atoms with E-state index in [0.717, 1.165) is 25.1 Å². The Hall–Kier alpha value is -0.730. The van der Waals surface area contributed by atoms with Gasteiger partial charge in [0.05, 0.1) is 6.54 Å². The van der Waals surface area contributed by atoms with Crippen molar-refractivity contribution in [3.8, 4) is 0 Å². The number of rotatable bonds is 1. The molecule has 0 radical (unpaired) electrons. The second-order valence-corrected chi connectivity index (χ2v) is 3.05. The van der Waals surface area contributed by atoms with Crippen LogP contribution < -0.4 is 5.32 Å². The molecule has 3 heteroatoms. The van der Waals surface area contributed by atoms with Crippen LogP contribution in [-0.4, -0.2) is 37.0 Å². The Morgan fingerprint density at radius 2 is 2.40 bits per heavy atom. The molecular formula is C7H13N3. The Balaban J connectivity index is 1.89. The summed E-state index contributed by atoms with van der Waals surface area (Å²) < 4.78 is 0. The standard InChI is InChI=1S/C7H13N3/c1-10-5-4-8-7(10)9-6-2-3-6/h6H,2-5H2,1H3,(H,8,9). The Labute approximate surface area is 61.1 Å². The smallest absolute Gasteiger partial charge is 0.194 e. The number of likely N-dealkylation sites (N-methyl/N-ethyl adjacent to an activating group) is 1. The minimum Gasteiger partial charge on any atom is -0.354 e. The number of aliphatic imine (C=N–C) groups is 1. The molecule has 10 heavy (non-hydrogen) atoms. The first-order valence-electron chi connectivity index (χ1n) is 3.88. The molecule has 3 nitrogen and oxygen atoms in total. The Bertz CT molecular complexity index is 160. The second kappa shape index (κ2) is 2.15. The Morgan fingerprint density at radius 1 is 1.60 bits per heavy atom. The maximum absolute atomic E-state index is 4.33. The first-order valence-corrected chi connectivity index (χ1v) is 3.88. The van der Waals surface area contributed by atoms with Gasteiger partial charge in [0.2, 0.25) is 0 Å². The van der Waals surface area contributed by atoms with Crippen molar-refractivity contribution in [2.45, 2.75) is 18.9 Å². The topological polar surface area (TPSA) is 27.6 Å². The fraction of sp³-hybridized carbons (Fsp3) is 0.857. The predicted octanol–water partition coefficient (Wildman–Crippen LogP) is 0.0398. The van der Waals surface area contributed by atoms with Gasteiger partial charge < -0.3 is 10.2 Å². The molecule has 2 aliphatic rings. The SMILES string of the molecule is CN1CCN=C1NC1CC1. The molecule has 0 atom stereocenters. The molecular weight excluding hydrogens is 126 g/mol. The van der Waals surface area contributed by atoms with E-state index in [1.54, 1.807) is 0 Å². The first kappa shape index (κ1) is 6.01. The summed E-state index contributed by atoms with van der Waals surface area (Å²) in [6.07, 6.45) is 2.65. The lowest BCUT2D eigenvalue weighted by Crippen LogP contribution is -2.36. The number of nitrogens with zero attached hydrogens (tertiary/aromatic N) is 2. The zero-order valence-electron chi connectivity index (χ0n) is 6.30. The van der Waals surface area contributed by atoms with Crippen molar-refractivity contribution in [2.75, 3.05) is 20.1 Å². The Kier molecular flexibility index (Phi) is 1.29. The third kappa shape index (κ3) is 1.08. The molecule has 1 N–H and O–H groups in total. The van der Waals surface area contributed by atoms with Crippen molar-refractivity contribution >= 4 is 5.96 Å². The van der Waals surface area contributed by atoms with Crippen LogP contribution in [0.2, 0.25) is 0 Å². The number of hydrogen-bond donors (Lipinski definition) is 1. The van der Waals surface area contributed by atoms with Gasteiger partial charge in [0.1, 0.15) is 0 Å². The van der Waals surface area contributed by atoms with Crippen LogP contribution in [0.1, 0.15) is 12.8 Å². The maximum atomic E-state index is 4.33. The Morgan fingerprint density at radius 3 is 2.90 bits per heavy atom. The summed E-state index contributed by atoms with van der Waals surface area (Å²) in [7, 11) is 2.08. The average molecular weight is 139 g/mol. The van der Waals surface area contributed by atoms with Gasteiger partial charge in [-0.25, -0.2) is 0 Å². The van der Waals surface area contributed by atoms with Gasteiger partial charge in [-0.1, -0.05) is 0 Å². The molecule has 56 valence electrons. The lowest BCUT2D eigenvalue weighted by atomic mass is 10.6. The molecule has 0 saturated heterocycles. The van der Waals surface area contributed by atoms with Crippen molar-refractivity contribution in [3.63, 3.8) is 0 Å². The second-order valence-electron chi connectivity index (χ2n) is 3.05. The van der Waals surface area contributed by atoms with Crippen molar-refractivity contribution in [1.82, 2.24) is 10.2 Å². The summed E-state index contributed by atoms with van der Waals surface area (Å²) in [6.45, 7) is 2.04. The maximum Gasteiger partial charge on any atom is 0.194 e. The quantitative estimate of drug-likeness (QED) is 0.555. The van der Waals surface area contributed by atoms with E-state index in [2.05, 4.69) is 22.3 Å². The van der Waals surface area contributed by atoms with Gasteiger partial charge in [-0.15, -0.1) is 0 Å². The van der Waals surface area contributed by atoms with Crippen LogP contribution in [0.5, 0.6) is 0 Å². The van der Waals surface area contributed by atoms with Gasteiger partial charge in [-0.2, -0.15) is 0 Å². The molecule has 1 saturated carbocycles. The minimum atomic E-state index is 0.735. The van der Waals surface area contributed by atoms with Gasteiger partial charge in [0, 0.05) is 19.6 Å². The van der Waals surface area contributed by atoms with E-state index in [0.29, 0.717) is 0 Å². The fourth-order valence-corrected chi connectivity index (χ4v) is 1.10. The van der Waals surface area contributed by atoms with Crippen LogP contribution in [0.4, 0.5) is 0 Å². The van der Waals surface area contributed by atoms with Gasteiger partial charge in [-0.05, 0) is 12.8 Å². The van der Waals surface area contributed by atoms with Crippen molar-refractivity contribution in [1.29, 1.82) is 0 Å². The van der Waals surface area contributed by atoms with Crippen molar-refractivity contribution in [2.24, 2.45) is 4.99 Å². The number of nitrogens with one attached hydrogen (secondary N) is 1. The van der Waals surface area contributed by atoms with E-state index in [9.17, 15) is 0 Å². The summed E-state index contributed by atoms with van der Waals surface area (Å²) in [5, 5.41) is 3.38. The van der Waals surface area contributed by atoms with Gasteiger partial charge in [0.15, 0.2) is 5.96 Å². The summed E-state index contributed by atoms with van der Waals surface area (Å²) in [6, 6.07) is 0.735. The number of guanidine groups is 1. The average Bonchev–Trinajstić information content (AvgIpc) is 2.62. The van der Waals surface area contributed by atoms with E-state index in [-0.39, 0.29) is 0 Å². The van der Waals surface area contributed by atoms with Gasteiger partial charge in [-0.3, -0.25) is 4.99 Å². The highest BCUT2D eigenvalue weighted by molar-refractivity contribution is 5.81. The van der Waals surface area contributed by atoms with Crippen LogP contribution in [0.3, 0.4) is 0 Å². The van der Waals surface area contributed by atoms with E-state index in [4.69, 9.17) is 0 Å². The van der Waals surface area contributed by atoms with E-state index >= 15 is 0 Å². The summed E-state index contributed by atoms with van der Waals surface area (Å²) in [5.41, 5.74) is 0. The zero-order valence-corrected chi connectivity index (χ0v) is 6.30. The third-order valence-electron chi connectivity index (χ3n) is 1.97. The summed E-state index contributed by atoms with van der Waals surface area (Å²) >= 11 is 0. The van der Waals surface area contributed by atoms with Crippen molar-refractivity contribution in [3.05, 3.63) is 0 Å². The van der Waals surface area contributed by atoms with E-state index < -0.39 is 0 Å². The third-order valence-corrected chi connectivity index (χ3v) is 1.97. The minimum absolute atomic E-state index is 0.735. The molecule has 1 heterocycles. The van der Waals surface area contributed by atoms with E-state index in [1.165, 1.54) is 12.8 Å². The molecule has 0 bridgehead atoms. The molecule has 1 aliphatic carbocycles. The van der Waals surface area contributed by atoms with Crippen LogP contribution in [0, 0.1) is 0 Å². The molecule has 0 aromatic heterocycles. The summed E-state index contributed by atoms with van der Waals surface area (Å²) in [5.74, 6) is 1.10. The lowest BCUT2D eigenvalue weighted by Gasteiger charge is -2.14. The zero-order chi connectivity index (χ0) is 6.97. The molecule has 2 rings (SSSR count). The van der Waals surface area contributed by atoms with E-state index in [1.807, 2.05) is 0 Å². The molecule has 0 amide bonds. The van der Waals surface area contributed by atoms with Gasteiger partial charge >= 0.3 is 0 Å². The summed E-state index contributed by atoms with van der Waals surface area (Å²) in [4.78, 5) is 6.51. The normalized spacial score (nSPS) is 24.9. The van der Waals surface area contributed by atoms with Crippen LogP contribution in [0.15, 0.2) is 4.99 Å². The monoisotopic (exact) mass is 139 g/mol. The lowest BCUT2D eigenvalue weighted by molar-refractivity contribution is 0.533. The molecule has 0 aromatic rings. The van der Waals surface area contributed by atoms with Crippen molar-refractivity contribution < 1.29 is 0 Å². The van der Waals surface area contributed by atoms with Crippen LogP contribution in [0.25, 0.3) is 0 Å². The molecule has 0 spiro atoms. The fourth-order valence-electron chi connectivity index (χ4n) is 1.10. The highest BCUT2D eigenvalue weighted by Crippen LogP contribution is 2.19.